The topological polar surface area (TPSA) is 96.3 Å². The van der Waals surface area contributed by atoms with E-state index in [-0.39, 0.29) is 5.75 Å². The van der Waals surface area contributed by atoms with Gasteiger partial charge in [0.15, 0.2) is 0 Å². The van der Waals surface area contributed by atoms with E-state index in [0.717, 1.165) is 26.2 Å². The molecule has 0 aliphatic heterocycles. The van der Waals surface area contributed by atoms with Gasteiger partial charge in [0, 0.05) is 39.3 Å². The van der Waals surface area contributed by atoms with Crippen LogP contribution in [0, 0.1) is 0 Å². The number of halogens is 1. The largest absolute Gasteiger partial charge is 0.506 e. The summed E-state index contributed by atoms with van der Waals surface area (Å²) < 4.78 is 0. The molecule has 104 valence electrons. The molecule has 0 amide bonds. The van der Waals surface area contributed by atoms with Crippen LogP contribution in [0.1, 0.15) is 0 Å². The number of para-hydroxylation sites is 1. The van der Waals surface area contributed by atoms with Gasteiger partial charge >= 0.3 is 0 Å². The molecule has 0 aliphatic carbocycles. The smallest absolute Gasteiger partial charge is 0.134 e. The number of nitrogens with two attached hydrogens (primary N) is 2. The molecule has 18 heavy (non-hydrogen) atoms. The van der Waals surface area contributed by atoms with Crippen molar-refractivity contribution in [2.75, 3.05) is 39.3 Å². The normalized spacial score (nSPS) is 9.72. The third-order valence-corrected chi connectivity index (χ3v) is 2.29. The van der Waals surface area contributed by atoms with E-state index in [2.05, 4.69) is 10.6 Å². The van der Waals surface area contributed by atoms with Crippen molar-refractivity contribution in [3.05, 3.63) is 29.3 Å². The van der Waals surface area contributed by atoms with Crippen molar-refractivity contribution in [3.63, 3.8) is 0 Å². The standard InChI is InChI=1S/C6H5ClO.C6H18N4/c7-5-3-1-2-4-6(5)8;7-1-3-9-5-6-10-4-2-8/h1-4,8H;9-10H,1-8H2. The van der Waals surface area contributed by atoms with Crippen LogP contribution in [0.15, 0.2) is 24.3 Å². The Kier molecular flexibility index (Phi) is 12.0. The van der Waals surface area contributed by atoms with E-state index >= 15 is 0 Å². The van der Waals surface area contributed by atoms with Gasteiger partial charge < -0.3 is 27.2 Å². The van der Waals surface area contributed by atoms with Crippen LogP contribution < -0.4 is 22.1 Å². The van der Waals surface area contributed by atoms with Crippen LogP contribution in [0.4, 0.5) is 0 Å². The summed E-state index contributed by atoms with van der Waals surface area (Å²) in [5, 5.41) is 15.5. The molecule has 0 spiro atoms. The summed E-state index contributed by atoms with van der Waals surface area (Å²) in [7, 11) is 0. The van der Waals surface area contributed by atoms with E-state index in [9.17, 15) is 0 Å². The first-order valence-corrected chi connectivity index (χ1v) is 6.35. The average molecular weight is 275 g/mol. The molecule has 0 heterocycles. The molecule has 0 atom stereocenters. The highest BCUT2D eigenvalue weighted by molar-refractivity contribution is 6.31. The molecular formula is C12H23ClN4O. The fraction of sp³-hybridized carbons (Fsp3) is 0.500. The van der Waals surface area contributed by atoms with Crippen LogP contribution in [0.3, 0.4) is 0 Å². The number of phenols is 1. The molecule has 0 saturated heterocycles. The summed E-state index contributed by atoms with van der Waals surface area (Å²) in [5.74, 6) is 0.133. The van der Waals surface area contributed by atoms with E-state index in [1.54, 1.807) is 24.3 Å². The fourth-order valence-corrected chi connectivity index (χ4v) is 1.22. The van der Waals surface area contributed by atoms with Gasteiger partial charge in [-0.3, -0.25) is 0 Å². The molecular weight excluding hydrogens is 252 g/mol. The van der Waals surface area contributed by atoms with Crippen LogP contribution >= 0.6 is 11.6 Å². The van der Waals surface area contributed by atoms with Crippen LogP contribution in [-0.4, -0.2) is 44.4 Å². The second-order valence-electron chi connectivity index (χ2n) is 3.53. The van der Waals surface area contributed by atoms with Crippen LogP contribution in [0.2, 0.25) is 5.02 Å². The van der Waals surface area contributed by atoms with Crippen molar-refractivity contribution < 1.29 is 5.11 Å². The van der Waals surface area contributed by atoms with Gasteiger partial charge in [-0.25, -0.2) is 0 Å². The number of phenolic OH excluding ortho intramolecular Hbond substituents is 1. The van der Waals surface area contributed by atoms with Crippen molar-refractivity contribution in [2.24, 2.45) is 11.5 Å². The minimum Gasteiger partial charge on any atom is -0.506 e. The van der Waals surface area contributed by atoms with Gasteiger partial charge in [-0.15, -0.1) is 0 Å². The third kappa shape index (κ3) is 10.3. The first-order chi connectivity index (χ1) is 8.72. The van der Waals surface area contributed by atoms with Crippen molar-refractivity contribution in [1.82, 2.24) is 10.6 Å². The molecule has 1 rings (SSSR count). The van der Waals surface area contributed by atoms with Crippen molar-refractivity contribution in [3.8, 4) is 5.75 Å². The molecule has 1 aromatic carbocycles. The van der Waals surface area contributed by atoms with Crippen molar-refractivity contribution in [2.45, 2.75) is 0 Å². The SMILES string of the molecule is NCCNCCNCCN.Oc1ccccc1Cl. The summed E-state index contributed by atoms with van der Waals surface area (Å²) in [5.41, 5.74) is 10.5. The average Bonchev–Trinajstić information content (AvgIpc) is 2.38. The van der Waals surface area contributed by atoms with Gasteiger partial charge in [-0.05, 0) is 12.1 Å². The van der Waals surface area contributed by atoms with Crippen LogP contribution in [0.25, 0.3) is 0 Å². The number of hydrogen-bond acceptors (Lipinski definition) is 5. The Labute approximate surface area is 114 Å². The van der Waals surface area contributed by atoms with Crippen LogP contribution in [-0.2, 0) is 0 Å². The van der Waals surface area contributed by atoms with Crippen LogP contribution in [0.5, 0.6) is 5.75 Å². The summed E-state index contributed by atoms with van der Waals surface area (Å²) in [6.45, 7) is 5.14. The van der Waals surface area contributed by atoms with Crippen molar-refractivity contribution in [1.29, 1.82) is 0 Å². The molecule has 0 saturated carbocycles. The summed E-state index contributed by atoms with van der Waals surface area (Å²) in [6, 6.07) is 6.67. The van der Waals surface area contributed by atoms with Gasteiger partial charge in [0.1, 0.15) is 5.75 Å². The van der Waals surface area contributed by atoms with E-state index in [0.29, 0.717) is 18.1 Å². The summed E-state index contributed by atoms with van der Waals surface area (Å²) in [4.78, 5) is 0. The number of nitrogens with one attached hydrogen (secondary N) is 2. The maximum absolute atomic E-state index is 8.79. The zero-order chi connectivity index (χ0) is 13.6. The van der Waals surface area contributed by atoms with Gasteiger partial charge in [-0.1, -0.05) is 23.7 Å². The molecule has 5 nitrogen and oxygen atoms in total. The maximum Gasteiger partial charge on any atom is 0.134 e. The lowest BCUT2D eigenvalue weighted by molar-refractivity contribution is 0.475. The Morgan fingerprint density at radius 3 is 1.78 bits per heavy atom. The highest BCUT2D eigenvalue weighted by Gasteiger charge is 1.89. The maximum atomic E-state index is 8.79. The lowest BCUT2D eigenvalue weighted by Crippen LogP contribution is -2.32. The van der Waals surface area contributed by atoms with Gasteiger partial charge in [0.05, 0.1) is 5.02 Å². The first-order valence-electron chi connectivity index (χ1n) is 5.97. The first kappa shape index (κ1) is 17.2. The van der Waals surface area contributed by atoms with Gasteiger partial charge in [0.25, 0.3) is 0 Å². The molecule has 0 bridgehead atoms. The number of benzene rings is 1. The molecule has 0 unspecified atom stereocenters. The number of rotatable bonds is 7. The molecule has 6 heteroatoms. The predicted molar refractivity (Wildman–Crippen MR) is 77.0 cm³/mol. The predicted octanol–water partition coefficient (Wildman–Crippen LogP) is 0.129. The zero-order valence-electron chi connectivity index (χ0n) is 10.5. The van der Waals surface area contributed by atoms with E-state index in [1.165, 1.54) is 0 Å². The third-order valence-electron chi connectivity index (χ3n) is 1.97. The van der Waals surface area contributed by atoms with E-state index in [4.69, 9.17) is 28.2 Å². The fourth-order valence-electron chi connectivity index (χ4n) is 1.08. The van der Waals surface area contributed by atoms with Gasteiger partial charge in [0.2, 0.25) is 0 Å². The monoisotopic (exact) mass is 274 g/mol. The Morgan fingerprint density at radius 2 is 1.44 bits per heavy atom. The summed E-state index contributed by atoms with van der Waals surface area (Å²) >= 11 is 5.46. The lowest BCUT2D eigenvalue weighted by atomic mass is 10.3. The Bertz CT molecular complexity index is 270. The highest BCUT2D eigenvalue weighted by Crippen LogP contribution is 2.20. The molecule has 0 aliphatic rings. The zero-order valence-corrected chi connectivity index (χ0v) is 11.3. The molecule has 0 radical (unpaired) electrons. The number of hydrogen-bond donors (Lipinski definition) is 5. The Balaban J connectivity index is 0.000000327. The minimum absolute atomic E-state index is 0.133. The highest BCUT2D eigenvalue weighted by atomic mass is 35.5. The minimum atomic E-state index is 0.133. The van der Waals surface area contributed by atoms with E-state index in [1.807, 2.05) is 0 Å². The second-order valence-corrected chi connectivity index (χ2v) is 3.94. The van der Waals surface area contributed by atoms with Crippen molar-refractivity contribution >= 4 is 11.6 Å². The number of aromatic hydroxyl groups is 1. The van der Waals surface area contributed by atoms with E-state index < -0.39 is 0 Å². The Morgan fingerprint density at radius 1 is 0.944 bits per heavy atom. The summed E-state index contributed by atoms with van der Waals surface area (Å²) in [6.07, 6.45) is 0. The molecule has 1 aromatic rings. The molecule has 0 aromatic heterocycles. The lowest BCUT2D eigenvalue weighted by Gasteiger charge is -2.03. The molecule has 7 N–H and O–H groups in total. The Hall–Kier alpha value is -0.850. The second kappa shape index (κ2) is 12.6. The van der Waals surface area contributed by atoms with Gasteiger partial charge in [-0.2, -0.15) is 0 Å². The quantitative estimate of drug-likeness (QED) is 0.456. The molecule has 0 fully saturated rings.